The molecule has 0 atom stereocenters. The van der Waals surface area contributed by atoms with E-state index in [0.717, 1.165) is 16.7 Å². The van der Waals surface area contributed by atoms with Crippen molar-refractivity contribution in [3.63, 3.8) is 0 Å². The third-order valence-electron chi connectivity index (χ3n) is 2.63. The Morgan fingerprint density at radius 1 is 1.21 bits per heavy atom. The first-order valence-corrected chi connectivity index (χ1v) is 6.33. The summed E-state index contributed by atoms with van der Waals surface area (Å²) in [5.41, 5.74) is 1.21. The van der Waals surface area contributed by atoms with E-state index >= 15 is 0 Å². The van der Waals surface area contributed by atoms with Crippen LogP contribution in [0, 0.1) is 0 Å². The lowest BCUT2D eigenvalue weighted by Crippen LogP contribution is -2.04. The van der Waals surface area contributed by atoms with Crippen molar-refractivity contribution in [1.29, 1.82) is 0 Å². The molecule has 2 rings (SSSR count). The van der Waals surface area contributed by atoms with Gasteiger partial charge in [0.15, 0.2) is 6.29 Å². The first-order chi connectivity index (χ1) is 9.19. The lowest BCUT2D eigenvalue weighted by molar-refractivity contribution is 0.0597. The Morgan fingerprint density at radius 3 is 2.58 bits per heavy atom. The molecule has 1 heterocycles. The number of hydrogen-bond acceptors (Lipinski definition) is 5. The number of aldehydes is 1. The van der Waals surface area contributed by atoms with Gasteiger partial charge in [0.1, 0.15) is 11.3 Å². The van der Waals surface area contributed by atoms with Gasteiger partial charge in [-0.15, -0.1) is 11.3 Å². The van der Waals surface area contributed by atoms with Gasteiger partial charge in [-0.05, 0) is 35.9 Å². The molecule has 98 valence electrons. The molecule has 0 bridgehead atoms. The highest BCUT2D eigenvalue weighted by molar-refractivity contribution is 7.17. The zero-order valence-corrected chi connectivity index (χ0v) is 11.3. The van der Waals surface area contributed by atoms with Crippen LogP contribution in [0.4, 0.5) is 0 Å². The maximum absolute atomic E-state index is 11.7. The summed E-state index contributed by atoms with van der Waals surface area (Å²) in [6, 6.07) is 8.84. The molecule has 4 nitrogen and oxygen atoms in total. The van der Waals surface area contributed by atoms with Crippen LogP contribution in [0.25, 0.3) is 10.4 Å². The van der Waals surface area contributed by atoms with Gasteiger partial charge in [0.2, 0.25) is 0 Å². The van der Waals surface area contributed by atoms with Crippen molar-refractivity contribution in [2.24, 2.45) is 0 Å². The molecular weight excluding hydrogens is 264 g/mol. The summed E-state index contributed by atoms with van der Waals surface area (Å²) in [7, 11) is 2.82. The lowest BCUT2D eigenvalue weighted by atomic mass is 10.1. The first kappa shape index (κ1) is 13.3. The van der Waals surface area contributed by atoms with Gasteiger partial charge in [0, 0.05) is 4.88 Å². The van der Waals surface area contributed by atoms with Crippen molar-refractivity contribution in [2.75, 3.05) is 14.2 Å². The molecule has 1 aromatic carbocycles. The molecule has 0 unspecified atom stereocenters. The normalized spacial score (nSPS) is 10.0. The van der Waals surface area contributed by atoms with Gasteiger partial charge < -0.3 is 9.47 Å². The molecule has 1 aromatic heterocycles. The number of methoxy groups -OCH3 is 2. The number of carbonyl (C=O) groups excluding carboxylic acids is 2. The SMILES string of the molecule is COC(=O)c1cc(-c2ccc(C=O)s2)ccc1OC. The van der Waals surface area contributed by atoms with E-state index in [2.05, 4.69) is 0 Å². The number of benzene rings is 1. The summed E-state index contributed by atoms with van der Waals surface area (Å²) in [6.45, 7) is 0. The number of rotatable bonds is 4. The third kappa shape index (κ3) is 2.66. The van der Waals surface area contributed by atoms with Gasteiger partial charge in [-0.3, -0.25) is 4.79 Å². The summed E-state index contributed by atoms with van der Waals surface area (Å²) in [6.07, 6.45) is 0.804. The second-order valence-electron chi connectivity index (χ2n) is 3.73. The second-order valence-corrected chi connectivity index (χ2v) is 4.84. The molecule has 0 fully saturated rings. The smallest absolute Gasteiger partial charge is 0.341 e. The zero-order valence-electron chi connectivity index (χ0n) is 10.5. The van der Waals surface area contributed by atoms with Crippen molar-refractivity contribution in [3.8, 4) is 16.2 Å². The number of esters is 1. The van der Waals surface area contributed by atoms with Crippen LogP contribution in [-0.2, 0) is 4.74 Å². The Labute approximate surface area is 114 Å². The monoisotopic (exact) mass is 276 g/mol. The number of carbonyl (C=O) groups is 2. The van der Waals surface area contributed by atoms with Crippen molar-refractivity contribution in [3.05, 3.63) is 40.8 Å². The Hall–Kier alpha value is -2.14. The van der Waals surface area contributed by atoms with Crippen molar-refractivity contribution in [1.82, 2.24) is 0 Å². The predicted molar refractivity (Wildman–Crippen MR) is 73.0 cm³/mol. The van der Waals surface area contributed by atoms with Crippen LogP contribution >= 0.6 is 11.3 Å². The molecule has 0 aliphatic carbocycles. The van der Waals surface area contributed by atoms with Crippen LogP contribution in [0.15, 0.2) is 30.3 Å². The molecule has 0 saturated carbocycles. The van der Waals surface area contributed by atoms with Gasteiger partial charge in [-0.1, -0.05) is 0 Å². The van der Waals surface area contributed by atoms with Crippen LogP contribution in [0.2, 0.25) is 0 Å². The van der Waals surface area contributed by atoms with Crippen LogP contribution in [0.5, 0.6) is 5.75 Å². The van der Waals surface area contributed by atoms with E-state index in [1.54, 1.807) is 18.2 Å². The maximum atomic E-state index is 11.7. The fourth-order valence-corrected chi connectivity index (χ4v) is 2.52. The average Bonchev–Trinajstić information content (AvgIpc) is 2.94. The molecule has 2 aromatic rings. The van der Waals surface area contributed by atoms with E-state index in [1.165, 1.54) is 25.6 Å². The average molecular weight is 276 g/mol. The quantitative estimate of drug-likeness (QED) is 0.636. The van der Waals surface area contributed by atoms with Gasteiger partial charge >= 0.3 is 5.97 Å². The highest BCUT2D eigenvalue weighted by Crippen LogP contribution is 2.31. The van der Waals surface area contributed by atoms with Crippen LogP contribution in [0.1, 0.15) is 20.0 Å². The summed E-state index contributed by atoms with van der Waals surface area (Å²) >= 11 is 1.37. The van der Waals surface area contributed by atoms with Gasteiger partial charge in [0.05, 0.1) is 19.1 Å². The lowest BCUT2D eigenvalue weighted by Gasteiger charge is -2.08. The molecule has 0 radical (unpaired) electrons. The van der Waals surface area contributed by atoms with Gasteiger partial charge in [-0.25, -0.2) is 4.79 Å². The van der Waals surface area contributed by atoms with E-state index in [0.29, 0.717) is 16.2 Å². The Morgan fingerprint density at radius 2 is 2.00 bits per heavy atom. The third-order valence-corrected chi connectivity index (χ3v) is 3.69. The number of ether oxygens (including phenoxy) is 2. The van der Waals surface area contributed by atoms with Crippen molar-refractivity contribution in [2.45, 2.75) is 0 Å². The van der Waals surface area contributed by atoms with E-state index in [4.69, 9.17) is 9.47 Å². The highest BCUT2D eigenvalue weighted by atomic mass is 32.1. The van der Waals surface area contributed by atoms with E-state index in [9.17, 15) is 9.59 Å². The molecule has 0 spiro atoms. The fourth-order valence-electron chi connectivity index (χ4n) is 1.70. The molecular formula is C14H12O4S. The Balaban J connectivity index is 2.47. The minimum Gasteiger partial charge on any atom is -0.496 e. The van der Waals surface area contributed by atoms with Crippen LogP contribution in [0.3, 0.4) is 0 Å². The summed E-state index contributed by atoms with van der Waals surface area (Å²) in [4.78, 5) is 23.9. The Bertz CT molecular complexity index is 616. The number of hydrogen-bond donors (Lipinski definition) is 0. The highest BCUT2D eigenvalue weighted by Gasteiger charge is 2.14. The fraction of sp³-hybridized carbons (Fsp3) is 0.143. The van der Waals surface area contributed by atoms with Crippen LogP contribution < -0.4 is 4.74 Å². The van der Waals surface area contributed by atoms with Crippen molar-refractivity contribution < 1.29 is 19.1 Å². The molecule has 0 amide bonds. The molecule has 19 heavy (non-hydrogen) atoms. The zero-order chi connectivity index (χ0) is 13.8. The van der Waals surface area contributed by atoms with Crippen LogP contribution in [-0.4, -0.2) is 26.5 Å². The standard InChI is InChI=1S/C14H12O4S/c1-17-12-5-3-9(7-11(12)14(16)18-2)13-6-4-10(8-15)19-13/h3-8H,1-2H3. The molecule has 0 aliphatic heterocycles. The largest absolute Gasteiger partial charge is 0.496 e. The topological polar surface area (TPSA) is 52.6 Å². The summed E-state index contributed by atoms with van der Waals surface area (Å²) in [5, 5.41) is 0. The molecule has 0 aliphatic rings. The summed E-state index contributed by atoms with van der Waals surface area (Å²) < 4.78 is 9.86. The van der Waals surface area contributed by atoms with Crippen molar-refractivity contribution >= 4 is 23.6 Å². The Kier molecular flexibility index (Phi) is 3.97. The molecule has 0 saturated heterocycles. The molecule has 0 N–H and O–H groups in total. The first-order valence-electron chi connectivity index (χ1n) is 5.51. The minimum absolute atomic E-state index is 0.364. The minimum atomic E-state index is -0.453. The second kappa shape index (κ2) is 5.67. The van der Waals surface area contributed by atoms with Gasteiger partial charge in [-0.2, -0.15) is 0 Å². The summed E-state index contributed by atoms with van der Waals surface area (Å²) in [5.74, 6) is 0.00799. The van der Waals surface area contributed by atoms with E-state index in [1.807, 2.05) is 12.1 Å². The number of thiophene rings is 1. The van der Waals surface area contributed by atoms with Gasteiger partial charge in [0.25, 0.3) is 0 Å². The molecule has 5 heteroatoms. The van der Waals surface area contributed by atoms with E-state index < -0.39 is 5.97 Å². The van der Waals surface area contributed by atoms with E-state index in [-0.39, 0.29) is 0 Å². The maximum Gasteiger partial charge on any atom is 0.341 e. The predicted octanol–water partition coefficient (Wildman–Crippen LogP) is 3.02.